The van der Waals surface area contributed by atoms with E-state index in [0.29, 0.717) is 34.5 Å². The summed E-state index contributed by atoms with van der Waals surface area (Å²) in [4.78, 5) is 11.3. The predicted molar refractivity (Wildman–Crippen MR) is 75.8 cm³/mol. The maximum absolute atomic E-state index is 14.2. The molecule has 0 bridgehead atoms. The summed E-state index contributed by atoms with van der Waals surface area (Å²) in [6.45, 7) is 0. The van der Waals surface area contributed by atoms with Crippen LogP contribution in [0.25, 0.3) is 0 Å². The lowest BCUT2D eigenvalue weighted by molar-refractivity contribution is -0.116. The third-order valence-electron chi connectivity index (χ3n) is 3.35. The molecule has 0 saturated heterocycles. The Morgan fingerprint density at radius 1 is 1.35 bits per heavy atom. The maximum atomic E-state index is 14.2. The van der Waals surface area contributed by atoms with E-state index in [4.69, 9.17) is 10.2 Å². The molecule has 1 amide bonds. The molecule has 1 aromatic carbocycles. The van der Waals surface area contributed by atoms with E-state index in [0.717, 1.165) is 5.56 Å². The second-order valence-electron chi connectivity index (χ2n) is 4.70. The van der Waals surface area contributed by atoms with Crippen molar-refractivity contribution in [1.82, 2.24) is 0 Å². The quantitative estimate of drug-likeness (QED) is 0.883. The monoisotopic (exact) mass is 338 g/mol. The van der Waals surface area contributed by atoms with Gasteiger partial charge >= 0.3 is 0 Å². The number of amides is 1. The lowest BCUT2D eigenvalue weighted by atomic mass is 9.96. The van der Waals surface area contributed by atoms with Crippen molar-refractivity contribution in [3.05, 3.63) is 51.6 Å². The molecule has 1 aliphatic rings. The summed E-state index contributed by atoms with van der Waals surface area (Å²) in [5, 5.41) is 2.66. The number of furan rings is 1. The van der Waals surface area contributed by atoms with E-state index < -0.39 is 11.9 Å². The van der Waals surface area contributed by atoms with Crippen molar-refractivity contribution in [1.29, 1.82) is 0 Å². The first-order valence-corrected chi connectivity index (χ1v) is 6.97. The summed E-state index contributed by atoms with van der Waals surface area (Å²) in [6.07, 6.45) is 0.989. The van der Waals surface area contributed by atoms with Gasteiger partial charge in [-0.1, -0.05) is 0 Å². The number of benzene rings is 1. The Labute approximate surface area is 123 Å². The summed E-state index contributed by atoms with van der Waals surface area (Å²) < 4.78 is 20.1. The lowest BCUT2D eigenvalue weighted by Gasteiger charge is -2.20. The molecule has 0 aliphatic carbocycles. The van der Waals surface area contributed by atoms with Crippen molar-refractivity contribution >= 4 is 27.5 Å². The Morgan fingerprint density at radius 2 is 2.15 bits per heavy atom. The Kier molecular flexibility index (Phi) is 3.35. The molecule has 1 aliphatic heterocycles. The molecule has 0 saturated carbocycles. The summed E-state index contributed by atoms with van der Waals surface area (Å²) >= 11 is 3.19. The number of halogens is 2. The van der Waals surface area contributed by atoms with Crippen LogP contribution in [0.1, 0.15) is 29.3 Å². The highest BCUT2D eigenvalue weighted by atomic mass is 79.9. The predicted octanol–water partition coefficient (Wildman–Crippen LogP) is 3.11. The molecule has 2 heterocycles. The first-order chi connectivity index (χ1) is 9.54. The van der Waals surface area contributed by atoms with Crippen molar-refractivity contribution in [3.8, 4) is 0 Å². The fourth-order valence-corrected chi connectivity index (χ4v) is 2.63. The van der Waals surface area contributed by atoms with Gasteiger partial charge in [0.1, 0.15) is 11.6 Å². The zero-order valence-corrected chi connectivity index (χ0v) is 12.0. The number of carbonyl (C=O) groups excluding carboxylic acids is 1. The minimum absolute atomic E-state index is 0.0936. The van der Waals surface area contributed by atoms with Gasteiger partial charge in [-0.25, -0.2) is 4.39 Å². The third-order valence-corrected chi connectivity index (χ3v) is 3.78. The molecule has 20 heavy (non-hydrogen) atoms. The minimum Gasteiger partial charge on any atom is -0.452 e. The van der Waals surface area contributed by atoms with Crippen molar-refractivity contribution in [2.24, 2.45) is 5.73 Å². The normalized spacial score (nSPS) is 15.7. The zero-order valence-electron chi connectivity index (χ0n) is 10.5. The molecular formula is C14H12BrFN2O2. The van der Waals surface area contributed by atoms with Crippen LogP contribution in [0.2, 0.25) is 0 Å². The third kappa shape index (κ3) is 2.36. The first-order valence-electron chi connectivity index (χ1n) is 6.17. The minimum atomic E-state index is -0.677. The average Bonchev–Trinajstić information content (AvgIpc) is 2.84. The second kappa shape index (κ2) is 5.03. The highest BCUT2D eigenvalue weighted by Gasteiger charge is 2.22. The van der Waals surface area contributed by atoms with Crippen LogP contribution in [0.5, 0.6) is 0 Å². The van der Waals surface area contributed by atoms with E-state index in [9.17, 15) is 9.18 Å². The number of aryl methyl sites for hydroxylation is 1. The number of nitrogens with two attached hydrogens (primary N) is 1. The summed E-state index contributed by atoms with van der Waals surface area (Å²) in [5.74, 6) is -0.0644. The van der Waals surface area contributed by atoms with Gasteiger partial charge in [0.2, 0.25) is 5.91 Å². The van der Waals surface area contributed by atoms with Crippen LogP contribution in [-0.2, 0) is 11.2 Å². The van der Waals surface area contributed by atoms with Gasteiger partial charge in [-0.2, -0.15) is 0 Å². The van der Waals surface area contributed by atoms with E-state index in [1.807, 2.05) is 0 Å². The molecule has 1 unspecified atom stereocenters. The van der Waals surface area contributed by atoms with Gasteiger partial charge in [0.15, 0.2) is 4.67 Å². The van der Waals surface area contributed by atoms with Crippen LogP contribution in [-0.4, -0.2) is 5.91 Å². The molecule has 0 radical (unpaired) electrons. The maximum Gasteiger partial charge on any atom is 0.224 e. The van der Waals surface area contributed by atoms with Crippen molar-refractivity contribution in [3.63, 3.8) is 0 Å². The van der Waals surface area contributed by atoms with Crippen molar-refractivity contribution in [2.45, 2.75) is 18.9 Å². The van der Waals surface area contributed by atoms with Gasteiger partial charge in [-0.05, 0) is 52.2 Å². The molecular weight excluding hydrogens is 327 g/mol. The summed E-state index contributed by atoms with van der Waals surface area (Å²) in [5.41, 5.74) is 7.83. The smallest absolute Gasteiger partial charge is 0.224 e. The fraction of sp³-hybridized carbons (Fsp3) is 0.214. The largest absolute Gasteiger partial charge is 0.452 e. The summed E-state index contributed by atoms with van der Waals surface area (Å²) in [6, 6.07) is 5.76. The SMILES string of the molecule is NC(c1ccc(Br)o1)c1cc2c(cc1F)NC(=O)CC2. The lowest BCUT2D eigenvalue weighted by Crippen LogP contribution is -2.21. The molecule has 6 heteroatoms. The Morgan fingerprint density at radius 3 is 2.85 bits per heavy atom. The molecule has 104 valence electrons. The van der Waals surface area contributed by atoms with E-state index >= 15 is 0 Å². The molecule has 3 rings (SSSR count). The molecule has 4 nitrogen and oxygen atoms in total. The Bertz CT molecular complexity index is 684. The molecule has 0 fully saturated rings. The second-order valence-corrected chi connectivity index (χ2v) is 5.48. The standard InChI is InChI=1S/C14H12BrFN2O2/c15-12-3-2-11(20-12)14(17)8-5-7-1-4-13(19)18-10(7)6-9(8)16/h2-3,5-6,14H,1,4,17H2,(H,18,19). The van der Waals surface area contributed by atoms with Crippen LogP contribution in [0, 0.1) is 5.82 Å². The van der Waals surface area contributed by atoms with Gasteiger partial charge < -0.3 is 15.5 Å². The van der Waals surface area contributed by atoms with E-state index in [1.165, 1.54) is 6.07 Å². The van der Waals surface area contributed by atoms with Crippen LogP contribution in [0.3, 0.4) is 0 Å². The van der Waals surface area contributed by atoms with Gasteiger partial charge in [0.25, 0.3) is 0 Å². The number of carbonyl (C=O) groups is 1. The van der Waals surface area contributed by atoms with Gasteiger partial charge in [0.05, 0.1) is 6.04 Å². The number of hydrogen-bond acceptors (Lipinski definition) is 3. The number of rotatable bonds is 2. The first kappa shape index (κ1) is 13.3. The highest BCUT2D eigenvalue weighted by molar-refractivity contribution is 9.10. The van der Waals surface area contributed by atoms with E-state index in [-0.39, 0.29) is 5.91 Å². The van der Waals surface area contributed by atoms with Gasteiger partial charge in [-0.3, -0.25) is 4.79 Å². The Balaban J connectivity index is 2.00. The average molecular weight is 339 g/mol. The van der Waals surface area contributed by atoms with Gasteiger partial charge in [-0.15, -0.1) is 0 Å². The highest BCUT2D eigenvalue weighted by Crippen LogP contribution is 2.31. The zero-order chi connectivity index (χ0) is 14.3. The number of nitrogens with one attached hydrogen (secondary N) is 1. The fourth-order valence-electron chi connectivity index (χ4n) is 2.31. The number of hydrogen-bond donors (Lipinski definition) is 2. The topological polar surface area (TPSA) is 68.3 Å². The Hall–Kier alpha value is -1.66. The molecule has 1 atom stereocenters. The number of fused-ring (bicyclic) bond motifs is 1. The summed E-state index contributed by atoms with van der Waals surface area (Å²) in [7, 11) is 0. The van der Waals surface area contributed by atoms with Crippen molar-refractivity contribution in [2.75, 3.05) is 5.32 Å². The van der Waals surface area contributed by atoms with E-state index in [1.54, 1.807) is 18.2 Å². The van der Waals surface area contributed by atoms with Crippen LogP contribution in [0.15, 0.2) is 33.4 Å². The number of anilines is 1. The van der Waals surface area contributed by atoms with E-state index in [2.05, 4.69) is 21.2 Å². The molecule has 0 spiro atoms. The van der Waals surface area contributed by atoms with Crippen molar-refractivity contribution < 1.29 is 13.6 Å². The molecule has 1 aromatic heterocycles. The molecule has 3 N–H and O–H groups in total. The van der Waals surface area contributed by atoms with Crippen LogP contribution < -0.4 is 11.1 Å². The van der Waals surface area contributed by atoms with Crippen LogP contribution >= 0.6 is 15.9 Å². The van der Waals surface area contributed by atoms with Crippen LogP contribution in [0.4, 0.5) is 10.1 Å². The van der Waals surface area contributed by atoms with Gasteiger partial charge in [0, 0.05) is 17.7 Å². The molecule has 2 aromatic rings.